The zero-order valence-corrected chi connectivity index (χ0v) is 20.6. The number of fused-ring (bicyclic) bond motifs is 3. The van der Waals surface area contributed by atoms with E-state index in [-0.39, 0.29) is 11.1 Å². The SMILES string of the molecule is O=S(=O)(Oc1ccc(-c2c3ccccc3c(-c3ccccc3)c3ccccc23)c2ccccc12)C(F)(F)F. The van der Waals surface area contributed by atoms with Gasteiger partial charge in [0.05, 0.1) is 0 Å². The van der Waals surface area contributed by atoms with Crippen molar-refractivity contribution < 1.29 is 25.8 Å². The smallest absolute Gasteiger partial charge is 0.375 e. The van der Waals surface area contributed by atoms with Gasteiger partial charge in [-0.2, -0.15) is 21.6 Å². The molecule has 6 aromatic carbocycles. The predicted molar refractivity (Wildman–Crippen MR) is 145 cm³/mol. The molecule has 0 saturated carbocycles. The quantitative estimate of drug-likeness (QED) is 0.131. The number of halogens is 3. The van der Waals surface area contributed by atoms with Gasteiger partial charge in [-0.15, -0.1) is 0 Å². The van der Waals surface area contributed by atoms with E-state index < -0.39 is 15.6 Å². The molecule has 3 nitrogen and oxygen atoms in total. The van der Waals surface area contributed by atoms with Crippen LogP contribution in [0.25, 0.3) is 54.6 Å². The molecule has 0 spiro atoms. The second-order valence-corrected chi connectivity index (χ2v) is 10.4. The fourth-order valence-electron chi connectivity index (χ4n) is 5.06. The van der Waals surface area contributed by atoms with Crippen molar-refractivity contribution in [3.05, 3.63) is 115 Å². The molecule has 0 N–H and O–H groups in total. The predicted octanol–water partition coefficient (Wildman–Crippen LogP) is 8.71. The standard InChI is InChI=1S/C31H19F3O3S/c32-31(33,34)38(35,36)37-28-19-18-27(21-12-4-5-13-22(21)28)30-25-16-8-6-14-23(25)29(20-10-2-1-3-11-20)24-15-7-9-17-26(24)30/h1-19H. The second kappa shape index (κ2) is 8.89. The fourth-order valence-corrected chi connectivity index (χ4v) is 5.54. The molecule has 6 aromatic rings. The van der Waals surface area contributed by atoms with E-state index in [0.29, 0.717) is 5.39 Å². The number of benzene rings is 6. The highest BCUT2D eigenvalue weighted by atomic mass is 32.2. The average molecular weight is 529 g/mol. The normalized spacial score (nSPS) is 12.3. The van der Waals surface area contributed by atoms with Gasteiger partial charge in [0.25, 0.3) is 0 Å². The average Bonchev–Trinajstić information content (AvgIpc) is 2.92. The van der Waals surface area contributed by atoms with Gasteiger partial charge in [0.15, 0.2) is 5.75 Å². The van der Waals surface area contributed by atoms with Gasteiger partial charge in [0, 0.05) is 5.39 Å². The first kappa shape index (κ1) is 24.0. The van der Waals surface area contributed by atoms with Crippen LogP contribution in [0.3, 0.4) is 0 Å². The maximum Gasteiger partial charge on any atom is 0.534 e. The summed E-state index contributed by atoms with van der Waals surface area (Å²) >= 11 is 0. The molecule has 0 aliphatic carbocycles. The van der Waals surface area contributed by atoms with Crippen LogP contribution in [0.5, 0.6) is 5.75 Å². The van der Waals surface area contributed by atoms with Gasteiger partial charge in [-0.1, -0.05) is 103 Å². The number of alkyl halides is 3. The lowest BCUT2D eigenvalue weighted by molar-refractivity contribution is -0.0499. The Kier molecular flexibility index (Phi) is 5.61. The van der Waals surface area contributed by atoms with Crippen LogP contribution in [0, 0.1) is 0 Å². The largest absolute Gasteiger partial charge is 0.534 e. The maximum absolute atomic E-state index is 13.1. The molecule has 0 radical (unpaired) electrons. The first-order valence-electron chi connectivity index (χ1n) is 11.8. The first-order valence-corrected chi connectivity index (χ1v) is 13.2. The van der Waals surface area contributed by atoms with E-state index in [1.807, 2.05) is 54.6 Å². The lowest BCUT2D eigenvalue weighted by atomic mass is 9.84. The molecule has 188 valence electrons. The Morgan fingerprint density at radius 3 is 1.47 bits per heavy atom. The van der Waals surface area contributed by atoms with E-state index in [1.165, 1.54) is 6.07 Å². The Bertz CT molecular complexity index is 1890. The Balaban J connectivity index is 1.70. The molecule has 0 bridgehead atoms. The molecule has 0 fully saturated rings. The van der Waals surface area contributed by atoms with Gasteiger partial charge < -0.3 is 4.18 Å². The molecule has 0 unspecified atom stereocenters. The molecule has 6 rings (SSSR count). The minimum absolute atomic E-state index is 0.262. The summed E-state index contributed by atoms with van der Waals surface area (Å²) in [6, 6.07) is 35.7. The molecule has 0 aliphatic heterocycles. The van der Waals surface area contributed by atoms with Gasteiger partial charge in [-0.05, 0) is 61.3 Å². The molecule has 0 amide bonds. The van der Waals surface area contributed by atoms with Crippen LogP contribution in [-0.4, -0.2) is 13.9 Å². The number of hydrogen-bond acceptors (Lipinski definition) is 3. The van der Waals surface area contributed by atoms with Crippen molar-refractivity contribution in [3.8, 4) is 28.0 Å². The van der Waals surface area contributed by atoms with Gasteiger partial charge in [0.1, 0.15) is 0 Å². The van der Waals surface area contributed by atoms with Crippen molar-refractivity contribution in [3.63, 3.8) is 0 Å². The molecular weight excluding hydrogens is 509 g/mol. The van der Waals surface area contributed by atoms with Gasteiger partial charge in [0.2, 0.25) is 0 Å². The summed E-state index contributed by atoms with van der Waals surface area (Å²) < 4.78 is 67.4. The van der Waals surface area contributed by atoms with Crippen LogP contribution >= 0.6 is 0 Å². The summed E-state index contributed by atoms with van der Waals surface area (Å²) in [5.74, 6) is -0.379. The first-order chi connectivity index (χ1) is 18.3. The van der Waals surface area contributed by atoms with Crippen LogP contribution in [0.4, 0.5) is 13.2 Å². The van der Waals surface area contributed by atoms with Crippen molar-refractivity contribution in [1.29, 1.82) is 0 Å². The van der Waals surface area contributed by atoms with Crippen LogP contribution in [0.2, 0.25) is 0 Å². The Labute approximate surface area is 216 Å². The van der Waals surface area contributed by atoms with Gasteiger partial charge in [-0.3, -0.25) is 0 Å². The second-order valence-electron chi connectivity index (χ2n) is 8.85. The monoisotopic (exact) mass is 528 g/mol. The van der Waals surface area contributed by atoms with E-state index >= 15 is 0 Å². The number of hydrogen-bond donors (Lipinski definition) is 0. The highest BCUT2D eigenvalue weighted by Crippen LogP contribution is 2.46. The van der Waals surface area contributed by atoms with Gasteiger partial charge in [-0.25, -0.2) is 0 Å². The Morgan fingerprint density at radius 2 is 0.947 bits per heavy atom. The van der Waals surface area contributed by atoms with Crippen molar-refractivity contribution in [2.24, 2.45) is 0 Å². The summed E-state index contributed by atoms with van der Waals surface area (Å²) in [5, 5.41) is 4.81. The topological polar surface area (TPSA) is 43.4 Å². The molecule has 38 heavy (non-hydrogen) atoms. The van der Waals surface area contributed by atoms with Crippen molar-refractivity contribution in [1.82, 2.24) is 0 Å². The third-order valence-electron chi connectivity index (χ3n) is 6.63. The van der Waals surface area contributed by atoms with Crippen LogP contribution < -0.4 is 4.18 Å². The summed E-state index contributed by atoms with van der Waals surface area (Å²) in [7, 11) is -5.83. The van der Waals surface area contributed by atoms with Crippen molar-refractivity contribution in [2.75, 3.05) is 0 Å². The number of rotatable bonds is 4. The third kappa shape index (κ3) is 3.87. The van der Waals surface area contributed by atoms with Crippen LogP contribution in [0.15, 0.2) is 115 Å². The van der Waals surface area contributed by atoms with Crippen molar-refractivity contribution >= 4 is 42.4 Å². The van der Waals surface area contributed by atoms with E-state index in [4.69, 9.17) is 0 Å². The summed E-state index contributed by atoms with van der Waals surface area (Å²) in [6.45, 7) is 0. The van der Waals surface area contributed by atoms with E-state index in [0.717, 1.165) is 43.8 Å². The summed E-state index contributed by atoms with van der Waals surface area (Å²) in [5.41, 5.74) is -1.73. The van der Waals surface area contributed by atoms with E-state index in [1.54, 1.807) is 30.3 Å². The third-order valence-corrected chi connectivity index (χ3v) is 7.60. The zero-order valence-electron chi connectivity index (χ0n) is 19.7. The van der Waals surface area contributed by atoms with Crippen LogP contribution in [0.1, 0.15) is 0 Å². The molecular formula is C31H19F3O3S. The molecule has 0 saturated heterocycles. The minimum atomic E-state index is -5.83. The zero-order chi connectivity index (χ0) is 26.5. The van der Waals surface area contributed by atoms with Crippen LogP contribution in [-0.2, 0) is 10.1 Å². The molecule has 0 aliphatic rings. The minimum Gasteiger partial charge on any atom is -0.375 e. The highest BCUT2D eigenvalue weighted by Gasteiger charge is 2.48. The fraction of sp³-hybridized carbons (Fsp3) is 0.0323. The summed E-state index contributed by atoms with van der Waals surface area (Å²) in [6.07, 6.45) is 0. The lowest BCUT2D eigenvalue weighted by Gasteiger charge is -2.19. The highest BCUT2D eigenvalue weighted by molar-refractivity contribution is 7.88. The lowest BCUT2D eigenvalue weighted by Crippen LogP contribution is -2.28. The van der Waals surface area contributed by atoms with E-state index in [9.17, 15) is 21.6 Å². The maximum atomic E-state index is 13.1. The Morgan fingerprint density at radius 1 is 0.500 bits per heavy atom. The molecule has 0 heterocycles. The van der Waals surface area contributed by atoms with E-state index in [2.05, 4.69) is 28.4 Å². The Hall–Kier alpha value is -4.36. The molecule has 0 atom stereocenters. The summed E-state index contributed by atoms with van der Waals surface area (Å²) in [4.78, 5) is 0. The molecule has 0 aromatic heterocycles. The molecule has 7 heteroatoms. The van der Waals surface area contributed by atoms with Gasteiger partial charge >= 0.3 is 15.6 Å². The van der Waals surface area contributed by atoms with Crippen molar-refractivity contribution in [2.45, 2.75) is 5.51 Å².